The van der Waals surface area contributed by atoms with Gasteiger partial charge in [0.25, 0.3) is 5.91 Å². The first-order valence-electron chi connectivity index (χ1n) is 9.37. The molecule has 0 aliphatic carbocycles. The van der Waals surface area contributed by atoms with Crippen LogP contribution in [0.15, 0.2) is 47.1 Å². The van der Waals surface area contributed by atoms with E-state index in [-0.39, 0.29) is 25.3 Å². The Morgan fingerprint density at radius 2 is 1.93 bits per heavy atom. The third kappa shape index (κ3) is 4.53. The maximum absolute atomic E-state index is 13.1. The van der Waals surface area contributed by atoms with E-state index in [1.54, 1.807) is 12.1 Å². The highest BCUT2D eigenvalue weighted by Crippen LogP contribution is 2.28. The minimum atomic E-state index is -0.889. The highest BCUT2D eigenvalue weighted by Gasteiger charge is 2.44. The van der Waals surface area contributed by atoms with E-state index in [2.05, 4.69) is 0 Å². The molecular weight excluding hydrogens is 376 g/mol. The first-order valence-corrected chi connectivity index (χ1v) is 9.37. The van der Waals surface area contributed by atoms with Gasteiger partial charge < -0.3 is 14.1 Å². The van der Waals surface area contributed by atoms with Crippen LogP contribution >= 0.6 is 0 Å². The average Bonchev–Trinajstić information content (AvgIpc) is 3.28. The molecule has 1 aromatic heterocycles. The monoisotopic (exact) mass is 398 g/mol. The fraction of sp³-hybridized carbons (Fsp3) is 0.333. The number of furan rings is 1. The first-order chi connectivity index (χ1) is 13.9. The number of carbonyl (C=O) groups excluding carboxylic acids is 4. The Morgan fingerprint density at radius 1 is 1.21 bits per heavy atom. The molecule has 8 heteroatoms. The number of ether oxygens (including phenoxy) is 1. The number of rotatable bonds is 7. The molecule has 1 atom stereocenters. The molecule has 3 amide bonds. The number of hydrogen-bond donors (Lipinski definition) is 0. The molecule has 1 saturated heterocycles. The zero-order valence-electron chi connectivity index (χ0n) is 16.3. The molecule has 0 spiro atoms. The van der Waals surface area contributed by atoms with Crippen LogP contribution in [0.5, 0.6) is 5.75 Å². The summed E-state index contributed by atoms with van der Waals surface area (Å²) in [7, 11) is 0. The second kappa shape index (κ2) is 8.72. The molecule has 1 aliphatic heterocycles. The van der Waals surface area contributed by atoms with Crippen molar-refractivity contribution >= 4 is 29.4 Å². The Morgan fingerprint density at radius 3 is 2.52 bits per heavy atom. The predicted molar refractivity (Wildman–Crippen MR) is 103 cm³/mol. The Kier molecular flexibility index (Phi) is 6.11. The molecule has 3 rings (SSSR count). The lowest BCUT2D eigenvalue weighted by Gasteiger charge is -2.26. The van der Waals surface area contributed by atoms with Crippen LogP contribution in [0.1, 0.15) is 38.9 Å². The normalized spacial score (nSPS) is 16.2. The number of esters is 1. The van der Waals surface area contributed by atoms with Crippen LogP contribution in [0.2, 0.25) is 0 Å². The Bertz CT molecular complexity index is 904. The van der Waals surface area contributed by atoms with Crippen LogP contribution in [-0.4, -0.2) is 34.6 Å². The smallest absolute Gasteiger partial charge is 0.308 e. The van der Waals surface area contributed by atoms with Crippen LogP contribution in [0.25, 0.3) is 0 Å². The van der Waals surface area contributed by atoms with E-state index >= 15 is 0 Å². The van der Waals surface area contributed by atoms with Crippen molar-refractivity contribution in [3.63, 3.8) is 0 Å². The van der Waals surface area contributed by atoms with Gasteiger partial charge in [-0.05, 0) is 42.8 Å². The van der Waals surface area contributed by atoms with E-state index in [0.717, 1.165) is 4.90 Å². The van der Waals surface area contributed by atoms with Crippen molar-refractivity contribution < 1.29 is 28.3 Å². The summed E-state index contributed by atoms with van der Waals surface area (Å²) in [6, 6.07) is 8.61. The number of nitrogens with zero attached hydrogens (tertiary/aromatic N) is 2. The van der Waals surface area contributed by atoms with E-state index in [9.17, 15) is 19.2 Å². The van der Waals surface area contributed by atoms with E-state index in [1.165, 1.54) is 42.4 Å². The summed E-state index contributed by atoms with van der Waals surface area (Å²) in [5.41, 5.74) is 0.360. The van der Waals surface area contributed by atoms with Crippen LogP contribution in [0.3, 0.4) is 0 Å². The third-order valence-corrected chi connectivity index (χ3v) is 4.55. The Hall–Kier alpha value is -3.42. The van der Waals surface area contributed by atoms with Crippen LogP contribution in [0, 0.1) is 0 Å². The lowest BCUT2D eigenvalue weighted by Crippen LogP contribution is -2.45. The van der Waals surface area contributed by atoms with Gasteiger partial charge in [0, 0.05) is 13.3 Å². The van der Waals surface area contributed by atoms with Gasteiger partial charge in [0.1, 0.15) is 17.6 Å². The summed E-state index contributed by atoms with van der Waals surface area (Å²) >= 11 is 0. The fourth-order valence-electron chi connectivity index (χ4n) is 3.26. The fourth-order valence-corrected chi connectivity index (χ4v) is 3.26. The molecule has 1 fully saturated rings. The van der Waals surface area contributed by atoms with Crippen molar-refractivity contribution in [2.75, 3.05) is 4.90 Å². The van der Waals surface area contributed by atoms with Gasteiger partial charge in [-0.25, -0.2) is 4.90 Å². The third-order valence-electron chi connectivity index (χ3n) is 4.55. The van der Waals surface area contributed by atoms with Crippen LogP contribution < -0.4 is 9.64 Å². The van der Waals surface area contributed by atoms with Gasteiger partial charge in [0.15, 0.2) is 0 Å². The maximum atomic E-state index is 13.1. The van der Waals surface area contributed by atoms with Gasteiger partial charge in [-0.2, -0.15) is 0 Å². The minimum Gasteiger partial charge on any atom is -0.467 e. The second-order valence-corrected chi connectivity index (χ2v) is 6.73. The summed E-state index contributed by atoms with van der Waals surface area (Å²) in [5, 5.41) is 0. The van der Waals surface area contributed by atoms with Gasteiger partial charge in [-0.3, -0.25) is 19.2 Å². The van der Waals surface area contributed by atoms with Gasteiger partial charge in [0.05, 0.1) is 24.9 Å². The number of amides is 3. The standard InChI is InChI=1S/C21H22N2O6/c1-3-5-19(25)22(13-17-6-4-11-28-17)18-12-20(26)23(21(18)27)15-7-9-16(10-8-15)29-14(2)24/h4,6-11,18H,3,5,12-13H2,1-2H3. The summed E-state index contributed by atoms with van der Waals surface area (Å²) in [5.74, 6) is -0.676. The maximum Gasteiger partial charge on any atom is 0.308 e. The molecule has 29 heavy (non-hydrogen) atoms. The molecule has 1 aromatic carbocycles. The zero-order valence-corrected chi connectivity index (χ0v) is 16.3. The van der Waals surface area contributed by atoms with E-state index in [4.69, 9.17) is 9.15 Å². The lowest BCUT2D eigenvalue weighted by atomic mass is 10.1. The van der Waals surface area contributed by atoms with E-state index in [0.29, 0.717) is 23.6 Å². The van der Waals surface area contributed by atoms with Crippen molar-refractivity contribution in [2.24, 2.45) is 0 Å². The number of hydrogen-bond acceptors (Lipinski definition) is 6. The van der Waals surface area contributed by atoms with Crippen molar-refractivity contribution in [2.45, 2.75) is 45.7 Å². The molecule has 0 radical (unpaired) electrons. The topological polar surface area (TPSA) is 97.1 Å². The average molecular weight is 398 g/mol. The van der Waals surface area contributed by atoms with Crippen molar-refractivity contribution in [1.29, 1.82) is 0 Å². The van der Waals surface area contributed by atoms with Gasteiger partial charge in [-0.1, -0.05) is 6.92 Å². The second-order valence-electron chi connectivity index (χ2n) is 6.73. The molecule has 1 unspecified atom stereocenters. The summed E-state index contributed by atoms with van der Waals surface area (Å²) < 4.78 is 10.3. The Labute approximate surface area is 168 Å². The van der Waals surface area contributed by atoms with Gasteiger partial charge in [-0.15, -0.1) is 0 Å². The minimum absolute atomic E-state index is 0.0965. The van der Waals surface area contributed by atoms with Gasteiger partial charge >= 0.3 is 5.97 Å². The highest BCUT2D eigenvalue weighted by molar-refractivity contribution is 6.23. The molecule has 2 heterocycles. The molecule has 0 bridgehead atoms. The van der Waals surface area contributed by atoms with Crippen molar-refractivity contribution in [3.8, 4) is 5.75 Å². The van der Waals surface area contributed by atoms with Crippen LogP contribution in [-0.2, 0) is 25.7 Å². The predicted octanol–water partition coefficient (Wildman–Crippen LogP) is 2.67. The number of carbonyl (C=O) groups is 4. The molecule has 0 saturated carbocycles. The van der Waals surface area contributed by atoms with E-state index in [1.807, 2.05) is 6.92 Å². The molecule has 2 aromatic rings. The first kappa shape index (κ1) is 20.3. The SMILES string of the molecule is CCCC(=O)N(Cc1ccco1)C1CC(=O)N(c2ccc(OC(C)=O)cc2)C1=O. The Balaban J connectivity index is 1.83. The quantitative estimate of drug-likeness (QED) is 0.404. The molecule has 0 N–H and O–H groups in total. The van der Waals surface area contributed by atoms with Crippen molar-refractivity contribution in [1.82, 2.24) is 4.90 Å². The number of anilines is 1. The summed E-state index contributed by atoms with van der Waals surface area (Å²) in [6.07, 6.45) is 2.30. The van der Waals surface area contributed by atoms with Gasteiger partial charge in [0.2, 0.25) is 11.8 Å². The molecule has 1 aliphatic rings. The van der Waals surface area contributed by atoms with E-state index < -0.39 is 23.8 Å². The molecule has 8 nitrogen and oxygen atoms in total. The molecule has 152 valence electrons. The summed E-state index contributed by atoms with van der Waals surface area (Å²) in [4.78, 5) is 51.8. The largest absolute Gasteiger partial charge is 0.467 e. The number of imide groups is 1. The van der Waals surface area contributed by atoms with Crippen molar-refractivity contribution in [3.05, 3.63) is 48.4 Å². The number of benzene rings is 1. The summed E-state index contributed by atoms with van der Waals surface area (Å²) in [6.45, 7) is 3.28. The van der Waals surface area contributed by atoms with Crippen LogP contribution in [0.4, 0.5) is 5.69 Å². The molecular formula is C21H22N2O6. The highest BCUT2D eigenvalue weighted by atomic mass is 16.5. The lowest BCUT2D eigenvalue weighted by molar-refractivity contribution is -0.139. The zero-order chi connectivity index (χ0) is 21.0.